The Morgan fingerprint density at radius 1 is 1.06 bits per heavy atom. The van der Waals surface area contributed by atoms with Crippen molar-refractivity contribution in [2.45, 2.75) is 50.8 Å². The van der Waals surface area contributed by atoms with Gasteiger partial charge in [0, 0.05) is 28.2 Å². The number of ether oxygens (including phenoxy) is 1. The Kier molecular flexibility index (Phi) is 5.19. The fourth-order valence-corrected chi connectivity index (χ4v) is 13.3. The second-order valence-electron chi connectivity index (χ2n) is 10.2. The Morgan fingerprint density at radius 2 is 1.75 bits per heavy atom. The van der Waals surface area contributed by atoms with E-state index in [-0.39, 0.29) is 22.9 Å². The molecule has 1 saturated heterocycles. The first kappa shape index (κ1) is 22.2. The van der Waals surface area contributed by atoms with Crippen molar-refractivity contribution in [2.24, 2.45) is 16.7 Å². The van der Waals surface area contributed by atoms with Crippen LogP contribution in [0.2, 0.25) is 0 Å². The number of Topliss-reactive ketones (excluding diaryl/α,β-unsaturated/α-hetero) is 1. The highest BCUT2D eigenvalue weighted by molar-refractivity contribution is 8.33. The number of methoxy groups -OCH3 is 1. The quantitative estimate of drug-likeness (QED) is 0.553. The highest BCUT2D eigenvalue weighted by Crippen LogP contribution is 2.67. The zero-order valence-electron chi connectivity index (χ0n) is 19.1. The Balaban J connectivity index is 1.55. The van der Waals surface area contributed by atoms with E-state index in [1.165, 1.54) is 0 Å². The largest absolute Gasteiger partial charge is 0.496 e. The van der Waals surface area contributed by atoms with Crippen molar-refractivity contribution in [1.82, 2.24) is 0 Å². The molecule has 7 heteroatoms. The van der Waals surface area contributed by atoms with Crippen molar-refractivity contribution in [3.05, 3.63) is 36.4 Å². The average molecular weight is 477 g/mol. The molecule has 174 valence electrons. The molecule has 3 aliphatic rings. The van der Waals surface area contributed by atoms with E-state index in [1.54, 1.807) is 7.11 Å². The van der Waals surface area contributed by atoms with Crippen LogP contribution in [-0.2, 0) is 18.5 Å². The van der Waals surface area contributed by atoms with Crippen molar-refractivity contribution < 1.29 is 21.6 Å². The van der Waals surface area contributed by atoms with Gasteiger partial charge in [-0.15, -0.1) is 0 Å². The summed E-state index contributed by atoms with van der Waals surface area (Å²) in [5.41, 5.74) is -1.11. The first-order valence-corrected chi connectivity index (χ1v) is 14.9. The fraction of sp³-hybridized carbons (Fsp3) is 0.560. The van der Waals surface area contributed by atoms with E-state index in [4.69, 9.17) is 8.37 Å². The van der Waals surface area contributed by atoms with Crippen molar-refractivity contribution in [2.75, 3.05) is 24.4 Å². The van der Waals surface area contributed by atoms with Crippen LogP contribution < -0.4 is 4.74 Å². The number of benzene rings is 2. The van der Waals surface area contributed by atoms with E-state index in [2.05, 4.69) is 13.8 Å². The van der Waals surface area contributed by atoms with Crippen LogP contribution in [0.15, 0.2) is 41.3 Å². The molecule has 2 aromatic carbocycles. The molecule has 5 nitrogen and oxygen atoms in total. The van der Waals surface area contributed by atoms with Gasteiger partial charge in [0.25, 0.3) is 10.1 Å². The zero-order valence-corrected chi connectivity index (χ0v) is 20.7. The number of hydrogen-bond acceptors (Lipinski definition) is 5. The summed E-state index contributed by atoms with van der Waals surface area (Å²) in [6, 6.07) is 11.9. The van der Waals surface area contributed by atoms with Crippen molar-refractivity contribution in [3.63, 3.8) is 0 Å². The molecule has 0 N–H and O–H groups in total. The summed E-state index contributed by atoms with van der Waals surface area (Å²) in [5, 5.41) is 1.96. The topological polar surface area (TPSA) is 69.7 Å². The van der Waals surface area contributed by atoms with Gasteiger partial charge in [0.2, 0.25) is 0 Å². The maximum atomic E-state index is 13.6. The molecular weight excluding hydrogens is 444 g/mol. The molecule has 3 fully saturated rings. The molecule has 0 radical (unpaired) electrons. The lowest BCUT2D eigenvalue weighted by molar-refractivity contribution is -0.128. The third-order valence-corrected chi connectivity index (χ3v) is 14.2. The average Bonchev–Trinajstić information content (AvgIpc) is 3.35. The van der Waals surface area contributed by atoms with E-state index in [9.17, 15) is 13.2 Å². The molecule has 0 amide bonds. The summed E-state index contributed by atoms with van der Waals surface area (Å²) in [6.45, 7) is 4.14. The van der Waals surface area contributed by atoms with Crippen LogP contribution in [-0.4, -0.2) is 38.6 Å². The number of carbonyl (C=O) groups excluding carboxylic acids is 1. The molecule has 2 unspecified atom stereocenters. The number of hydrogen-bond donors (Lipinski definition) is 0. The molecule has 0 aromatic heterocycles. The Hall–Kier alpha value is -1.57. The van der Waals surface area contributed by atoms with Gasteiger partial charge in [0.05, 0.1) is 18.3 Å². The van der Waals surface area contributed by atoms with Gasteiger partial charge in [-0.25, -0.2) is 3.63 Å². The molecule has 2 aliphatic carbocycles. The molecular formula is C25H32O5S2. The van der Waals surface area contributed by atoms with Crippen LogP contribution in [0.3, 0.4) is 0 Å². The summed E-state index contributed by atoms with van der Waals surface area (Å²) >= 11 is 0. The van der Waals surface area contributed by atoms with Crippen LogP contribution in [0.1, 0.15) is 46.0 Å². The fourth-order valence-electron chi connectivity index (χ4n) is 6.48. The highest BCUT2D eigenvalue weighted by atomic mass is 32.3. The second kappa shape index (κ2) is 7.47. The third-order valence-electron chi connectivity index (χ3n) is 8.46. The van der Waals surface area contributed by atoms with Crippen molar-refractivity contribution >= 4 is 37.0 Å². The number of ketones is 1. The zero-order chi connectivity index (χ0) is 22.8. The van der Waals surface area contributed by atoms with E-state index < -0.39 is 25.8 Å². The number of fused-ring (bicyclic) bond motifs is 3. The maximum Gasteiger partial charge on any atom is 0.277 e. The smallest absolute Gasteiger partial charge is 0.277 e. The van der Waals surface area contributed by atoms with Crippen LogP contribution in [0.4, 0.5) is 0 Å². The summed E-state index contributed by atoms with van der Waals surface area (Å²) < 4.78 is 39.0. The normalized spacial score (nSPS) is 29.5. The number of carbonyl (C=O) groups is 1. The van der Waals surface area contributed by atoms with Gasteiger partial charge in [-0.3, -0.25) is 4.79 Å². The lowest BCUT2D eigenvalue weighted by atomic mass is 9.70. The van der Waals surface area contributed by atoms with Crippen molar-refractivity contribution in [3.8, 4) is 5.75 Å². The minimum Gasteiger partial charge on any atom is -0.496 e. The number of rotatable bonds is 6. The van der Waals surface area contributed by atoms with Gasteiger partial charge in [0.1, 0.15) is 11.5 Å². The first-order chi connectivity index (χ1) is 15.1. The predicted octanol–water partition coefficient (Wildman–Crippen LogP) is 5.46. The lowest BCUT2D eigenvalue weighted by Gasteiger charge is -2.39. The van der Waals surface area contributed by atoms with Gasteiger partial charge >= 0.3 is 0 Å². The van der Waals surface area contributed by atoms with E-state index >= 15 is 0 Å². The lowest BCUT2D eigenvalue weighted by Crippen LogP contribution is -2.42. The molecule has 32 heavy (non-hydrogen) atoms. The van der Waals surface area contributed by atoms with Crippen LogP contribution in [0.25, 0.3) is 10.8 Å². The Morgan fingerprint density at radius 3 is 2.34 bits per heavy atom. The molecule has 2 bridgehead atoms. The second-order valence-corrected chi connectivity index (χ2v) is 15.0. The minimum absolute atomic E-state index is 0.108. The molecule has 2 saturated carbocycles. The molecule has 0 spiro atoms. The molecule has 5 rings (SSSR count). The minimum atomic E-state index is -3.90. The standard InChI is InChI=1S/C25H32O5S2/c1-24(2)18-12-13-25(24,23(26)16-18)17-32(27,28)30-31(14-6-7-15-31)22-11-10-21(29-3)19-8-4-5-9-20(19)22/h4-5,8-11,18H,6-7,12-17H2,1-3H3. The SMILES string of the molecule is COc1ccc(S2(OS(=O)(=O)CC34CCC(CC3=O)C4(C)C)CCCC2)c2ccccc12. The predicted molar refractivity (Wildman–Crippen MR) is 129 cm³/mol. The Labute approximate surface area is 192 Å². The maximum absolute atomic E-state index is 13.6. The molecule has 1 heterocycles. The third kappa shape index (κ3) is 3.15. The van der Waals surface area contributed by atoms with E-state index in [0.29, 0.717) is 12.8 Å². The monoisotopic (exact) mass is 476 g/mol. The van der Waals surface area contributed by atoms with E-state index in [0.717, 1.165) is 52.2 Å². The van der Waals surface area contributed by atoms with Crippen LogP contribution in [0.5, 0.6) is 5.75 Å². The Bertz CT molecular complexity index is 1180. The van der Waals surface area contributed by atoms with Gasteiger partial charge in [-0.2, -0.15) is 8.42 Å². The first-order valence-electron chi connectivity index (χ1n) is 11.5. The molecule has 1 aliphatic heterocycles. The van der Waals surface area contributed by atoms with Gasteiger partial charge in [-0.1, -0.05) is 48.4 Å². The van der Waals surface area contributed by atoms with Crippen LogP contribution >= 0.6 is 10.3 Å². The summed E-state index contributed by atoms with van der Waals surface area (Å²) in [7, 11) is -4.28. The summed E-state index contributed by atoms with van der Waals surface area (Å²) in [6.07, 6.45) is 3.98. The summed E-state index contributed by atoms with van der Waals surface area (Å²) in [5.74, 6) is 2.43. The van der Waals surface area contributed by atoms with Gasteiger partial charge in [0.15, 0.2) is 0 Å². The molecule has 2 atom stereocenters. The van der Waals surface area contributed by atoms with Gasteiger partial charge < -0.3 is 4.74 Å². The van der Waals surface area contributed by atoms with E-state index in [1.807, 2.05) is 36.4 Å². The van der Waals surface area contributed by atoms with Crippen molar-refractivity contribution in [1.29, 1.82) is 0 Å². The highest BCUT2D eigenvalue weighted by Gasteiger charge is 2.65. The summed E-state index contributed by atoms with van der Waals surface area (Å²) in [4.78, 5) is 13.9. The molecule has 2 aromatic rings. The van der Waals surface area contributed by atoms with Gasteiger partial charge in [-0.05, 0) is 54.5 Å². The van der Waals surface area contributed by atoms with Crippen LogP contribution in [0, 0.1) is 16.7 Å².